The lowest BCUT2D eigenvalue weighted by Gasteiger charge is -2.31. The number of phenols is 1. The second-order valence-electron chi connectivity index (χ2n) is 10.3. The molecule has 0 aliphatic carbocycles. The monoisotopic (exact) mass is 509 g/mol. The maximum Gasteiger partial charge on any atom is 0.325 e. The SMILES string of the molecule is Cc1ccc(N2C(=O)[C@@H]3[C@H](c4ccccc4O)N[C@@](Cc4c[nH]c5ccccc45)(C(=O)O)[C@H]3C2=O)cc1C. The Balaban J connectivity index is 1.53. The second kappa shape index (κ2) is 8.56. The number of aromatic amines is 1. The van der Waals surface area contributed by atoms with Gasteiger partial charge in [0, 0.05) is 35.1 Å². The van der Waals surface area contributed by atoms with Crippen molar-refractivity contribution in [3.05, 3.63) is 95.2 Å². The predicted molar refractivity (Wildman–Crippen MR) is 142 cm³/mol. The number of hydrogen-bond donors (Lipinski definition) is 4. The summed E-state index contributed by atoms with van der Waals surface area (Å²) in [7, 11) is 0. The number of carbonyl (C=O) groups excluding carboxylic acids is 2. The number of anilines is 1. The highest BCUT2D eigenvalue weighted by molar-refractivity contribution is 6.24. The average Bonchev–Trinajstić information content (AvgIpc) is 3.54. The quantitative estimate of drug-likeness (QED) is 0.302. The number of carboxylic acids is 1. The molecule has 4 atom stereocenters. The summed E-state index contributed by atoms with van der Waals surface area (Å²) >= 11 is 0. The number of H-pyrrole nitrogens is 1. The first-order valence-electron chi connectivity index (χ1n) is 12.5. The van der Waals surface area contributed by atoms with Crippen molar-refractivity contribution in [3.8, 4) is 5.75 Å². The van der Waals surface area contributed by atoms with E-state index in [4.69, 9.17) is 0 Å². The first-order chi connectivity index (χ1) is 18.2. The number of carbonyl (C=O) groups is 3. The molecular weight excluding hydrogens is 482 g/mol. The summed E-state index contributed by atoms with van der Waals surface area (Å²) in [5.74, 6) is -4.53. The van der Waals surface area contributed by atoms with Gasteiger partial charge in [0.2, 0.25) is 11.8 Å². The zero-order valence-corrected chi connectivity index (χ0v) is 20.9. The standard InChI is InChI=1S/C30H27N3O5/c1-16-11-12-19(13-17(16)2)33-27(35)24-25(28(33)36)30(29(37)38,32-26(24)21-8-4-6-10-23(21)34)14-18-15-31-22-9-5-3-7-20(18)22/h3-13,15,24-26,31-32,34H,14H2,1-2H3,(H,37,38)/t24-,25+,26-,30+/m0/s1. The van der Waals surface area contributed by atoms with E-state index in [0.717, 1.165) is 32.5 Å². The third-order valence-corrected chi connectivity index (χ3v) is 8.20. The maximum atomic E-state index is 14.1. The summed E-state index contributed by atoms with van der Waals surface area (Å²) in [5, 5.41) is 25.5. The number of phenolic OH excluding ortho intramolecular Hbond substituents is 1. The van der Waals surface area contributed by atoms with Crippen molar-refractivity contribution < 1.29 is 24.6 Å². The summed E-state index contributed by atoms with van der Waals surface area (Å²) in [5.41, 5.74) is 2.51. The molecule has 0 radical (unpaired) electrons. The molecule has 1 aromatic heterocycles. The predicted octanol–water partition coefficient (Wildman–Crippen LogP) is 4.01. The Labute approximate surface area is 218 Å². The van der Waals surface area contributed by atoms with E-state index in [0.29, 0.717) is 11.3 Å². The number of para-hydroxylation sites is 2. The Bertz CT molecular complexity index is 1630. The lowest BCUT2D eigenvalue weighted by molar-refractivity contribution is -0.148. The molecular formula is C30H27N3O5. The minimum absolute atomic E-state index is 0.0304. The fraction of sp³-hybridized carbons (Fsp3) is 0.233. The third kappa shape index (κ3) is 3.37. The molecule has 0 spiro atoms. The van der Waals surface area contributed by atoms with Crippen LogP contribution in [-0.4, -0.2) is 38.5 Å². The molecule has 0 unspecified atom stereocenters. The lowest BCUT2D eigenvalue weighted by atomic mass is 9.76. The number of aliphatic carboxylic acids is 1. The van der Waals surface area contributed by atoms with Crippen LogP contribution in [0.4, 0.5) is 5.69 Å². The van der Waals surface area contributed by atoms with Crippen molar-refractivity contribution in [2.75, 3.05) is 4.90 Å². The Morgan fingerprint density at radius 2 is 1.71 bits per heavy atom. The molecule has 2 fully saturated rings. The minimum Gasteiger partial charge on any atom is -0.508 e. The number of aromatic nitrogens is 1. The molecule has 8 heteroatoms. The number of carboxylic acid groups (broad SMARTS) is 1. The van der Waals surface area contributed by atoms with Crippen LogP contribution in [0.5, 0.6) is 5.75 Å². The number of fused-ring (bicyclic) bond motifs is 2. The van der Waals surface area contributed by atoms with Gasteiger partial charge in [-0.2, -0.15) is 0 Å². The smallest absolute Gasteiger partial charge is 0.325 e. The number of nitrogens with zero attached hydrogens (tertiary/aromatic N) is 1. The molecule has 38 heavy (non-hydrogen) atoms. The largest absolute Gasteiger partial charge is 0.508 e. The number of amides is 2. The van der Waals surface area contributed by atoms with E-state index in [9.17, 15) is 24.6 Å². The highest BCUT2D eigenvalue weighted by atomic mass is 16.4. The Morgan fingerprint density at radius 1 is 0.974 bits per heavy atom. The zero-order chi connectivity index (χ0) is 26.8. The summed E-state index contributed by atoms with van der Waals surface area (Å²) in [4.78, 5) is 45.6. The van der Waals surface area contributed by atoms with E-state index in [-0.39, 0.29) is 12.2 Å². The van der Waals surface area contributed by atoms with Gasteiger partial charge in [0.25, 0.3) is 0 Å². The molecule has 3 heterocycles. The molecule has 4 N–H and O–H groups in total. The maximum absolute atomic E-state index is 14.1. The van der Waals surface area contributed by atoms with Crippen molar-refractivity contribution in [1.82, 2.24) is 10.3 Å². The molecule has 6 rings (SSSR count). The number of hydrogen-bond acceptors (Lipinski definition) is 5. The lowest BCUT2D eigenvalue weighted by Crippen LogP contribution is -2.57. The van der Waals surface area contributed by atoms with Gasteiger partial charge in [-0.15, -0.1) is 0 Å². The fourth-order valence-corrected chi connectivity index (χ4v) is 6.15. The van der Waals surface area contributed by atoms with E-state index in [1.165, 1.54) is 6.07 Å². The molecule has 2 aliphatic heterocycles. The van der Waals surface area contributed by atoms with Crippen molar-refractivity contribution in [3.63, 3.8) is 0 Å². The molecule has 2 saturated heterocycles. The van der Waals surface area contributed by atoms with E-state index in [2.05, 4.69) is 10.3 Å². The first-order valence-corrected chi connectivity index (χ1v) is 12.5. The number of benzene rings is 3. The van der Waals surface area contributed by atoms with E-state index in [1.807, 2.05) is 44.2 Å². The van der Waals surface area contributed by atoms with Crippen molar-refractivity contribution in [2.45, 2.75) is 31.8 Å². The van der Waals surface area contributed by atoms with Crippen LogP contribution in [0.3, 0.4) is 0 Å². The Kier molecular flexibility index (Phi) is 5.39. The Hall–Kier alpha value is -4.43. The molecule has 192 valence electrons. The topological polar surface area (TPSA) is 123 Å². The van der Waals surface area contributed by atoms with Gasteiger partial charge >= 0.3 is 5.97 Å². The molecule has 3 aromatic carbocycles. The van der Waals surface area contributed by atoms with Crippen molar-refractivity contribution in [1.29, 1.82) is 0 Å². The van der Waals surface area contributed by atoms with Gasteiger partial charge in [0.05, 0.1) is 17.5 Å². The van der Waals surface area contributed by atoms with Crippen molar-refractivity contribution >= 4 is 34.4 Å². The van der Waals surface area contributed by atoms with E-state index < -0.39 is 41.2 Å². The molecule has 0 saturated carbocycles. The van der Waals surface area contributed by atoms with E-state index in [1.54, 1.807) is 36.5 Å². The molecule has 4 aromatic rings. The van der Waals surface area contributed by atoms with Gasteiger partial charge in [0.1, 0.15) is 11.3 Å². The normalized spacial score (nSPS) is 24.8. The number of imide groups is 1. The fourth-order valence-electron chi connectivity index (χ4n) is 6.15. The second-order valence-corrected chi connectivity index (χ2v) is 10.3. The van der Waals surface area contributed by atoms with Crippen LogP contribution in [0.15, 0.2) is 72.9 Å². The zero-order valence-electron chi connectivity index (χ0n) is 20.9. The summed E-state index contributed by atoms with van der Waals surface area (Å²) in [6, 6.07) is 18.5. The van der Waals surface area contributed by atoms with Gasteiger partial charge in [-0.3, -0.25) is 19.7 Å². The van der Waals surface area contributed by atoms with Crippen LogP contribution in [-0.2, 0) is 20.8 Å². The van der Waals surface area contributed by atoms with Crippen LogP contribution in [0.2, 0.25) is 0 Å². The Morgan fingerprint density at radius 3 is 2.45 bits per heavy atom. The summed E-state index contributed by atoms with van der Waals surface area (Å²) in [6.07, 6.45) is 1.72. The first kappa shape index (κ1) is 23.9. The molecule has 0 bridgehead atoms. The molecule has 2 amide bonds. The summed E-state index contributed by atoms with van der Waals surface area (Å²) < 4.78 is 0. The highest BCUT2D eigenvalue weighted by Gasteiger charge is 2.69. The van der Waals surface area contributed by atoms with Crippen molar-refractivity contribution in [2.24, 2.45) is 11.8 Å². The van der Waals surface area contributed by atoms with Gasteiger partial charge in [0.15, 0.2) is 0 Å². The van der Waals surface area contributed by atoms with Crippen LogP contribution in [0.25, 0.3) is 10.9 Å². The highest BCUT2D eigenvalue weighted by Crippen LogP contribution is 2.52. The van der Waals surface area contributed by atoms with Crippen LogP contribution < -0.4 is 10.2 Å². The van der Waals surface area contributed by atoms with Gasteiger partial charge in [-0.25, -0.2) is 4.90 Å². The number of rotatable bonds is 5. The minimum atomic E-state index is -1.79. The molecule has 8 nitrogen and oxygen atoms in total. The summed E-state index contributed by atoms with van der Waals surface area (Å²) in [6.45, 7) is 3.84. The molecule has 2 aliphatic rings. The number of aromatic hydroxyl groups is 1. The van der Waals surface area contributed by atoms with Gasteiger partial charge in [-0.05, 0) is 54.8 Å². The van der Waals surface area contributed by atoms with Crippen LogP contribution in [0, 0.1) is 25.7 Å². The van der Waals surface area contributed by atoms with Gasteiger partial charge in [-0.1, -0.05) is 42.5 Å². The van der Waals surface area contributed by atoms with Crippen LogP contribution >= 0.6 is 0 Å². The van der Waals surface area contributed by atoms with Crippen LogP contribution in [0.1, 0.15) is 28.3 Å². The van der Waals surface area contributed by atoms with Gasteiger partial charge < -0.3 is 15.2 Å². The third-order valence-electron chi connectivity index (χ3n) is 8.20. The number of aryl methyl sites for hydroxylation is 2. The van der Waals surface area contributed by atoms with E-state index >= 15 is 0 Å². The number of nitrogens with one attached hydrogen (secondary N) is 2. The average molecular weight is 510 g/mol.